The van der Waals surface area contributed by atoms with Crippen molar-refractivity contribution in [3.05, 3.63) is 59.0 Å². The lowest BCUT2D eigenvalue weighted by molar-refractivity contribution is -0.127. The molecular weight excluding hydrogens is 467 g/mol. The molecule has 2 aromatic rings. The van der Waals surface area contributed by atoms with E-state index in [2.05, 4.69) is 47.7 Å². The molecule has 0 saturated heterocycles. The van der Waals surface area contributed by atoms with Gasteiger partial charge in [0, 0.05) is 33.6 Å². The molecule has 1 aromatic carbocycles. The number of rotatable bonds is 8. The second-order valence-electron chi connectivity index (χ2n) is 6.76. The summed E-state index contributed by atoms with van der Waals surface area (Å²) in [5.41, 5.74) is 3.94. The van der Waals surface area contributed by atoms with Gasteiger partial charge in [-0.05, 0) is 49.1 Å². The number of aryl methyl sites for hydroxylation is 2. The number of carbonyl (C=O) groups is 1. The van der Waals surface area contributed by atoms with Crippen LogP contribution in [0.15, 0.2) is 46.0 Å². The van der Waals surface area contributed by atoms with Crippen LogP contribution in [0, 0.1) is 13.8 Å². The molecule has 0 aliphatic heterocycles. The molecule has 2 rings (SSSR count). The molecule has 2 N–H and O–H groups in total. The van der Waals surface area contributed by atoms with Crippen LogP contribution >= 0.6 is 24.0 Å². The van der Waals surface area contributed by atoms with E-state index in [-0.39, 0.29) is 36.4 Å². The van der Waals surface area contributed by atoms with Gasteiger partial charge < -0.3 is 20.0 Å². The standard InChI is InChI=1S/C21H30N4O2.HI/c1-16-7-5-8-17(2)19(16)11-13-23-21(24-15-20(26)25(3)4)22-12-10-18-9-6-14-27-18;/h5-9,14H,10-13,15H2,1-4H3,(H2,22,23,24);1H. The summed E-state index contributed by atoms with van der Waals surface area (Å²) in [7, 11) is 3.46. The fourth-order valence-electron chi connectivity index (χ4n) is 2.77. The normalized spacial score (nSPS) is 10.9. The molecule has 0 saturated carbocycles. The van der Waals surface area contributed by atoms with Crippen molar-refractivity contribution in [2.45, 2.75) is 26.7 Å². The number of carbonyl (C=O) groups excluding carboxylic acids is 1. The van der Waals surface area contributed by atoms with Crippen molar-refractivity contribution < 1.29 is 9.21 Å². The highest BCUT2D eigenvalue weighted by Gasteiger charge is 2.06. The number of benzene rings is 1. The summed E-state index contributed by atoms with van der Waals surface area (Å²) < 4.78 is 5.35. The summed E-state index contributed by atoms with van der Waals surface area (Å²) in [4.78, 5) is 17.8. The molecule has 0 bridgehead atoms. The summed E-state index contributed by atoms with van der Waals surface area (Å²) in [6.07, 6.45) is 3.33. The number of aliphatic imine (C=N–C) groups is 1. The molecule has 0 unspecified atom stereocenters. The van der Waals surface area contributed by atoms with Crippen LogP contribution in [0.4, 0.5) is 0 Å². The molecule has 1 heterocycles. The molecule has 7 heteroatoms. The van der Waals surface area contributed by atoms with Gasteiger partial charge in [-0.3, -0.25) is 4.79 Å². The summed E-state index contributed by atoms with van der Waals surface area (Å²) in [5, 5.41) is 6.61. The van der Waals surface area contributed by atoms with Crippen LogP contribution in [0.3, 0.4) is 0 Å². The Bertz CT molecular complexity index is 738. The van der Waals surface area contributed by atoms with E-state index >= 15 is 0 Å². The Morgan fingerprint density at radius 1 is 1.04 bits per heavy atom. The maximum absolute atomic E-state index is 11.8. The zero-order valence-corrected chi connectivity index (χ0v) is 19.4. The van der Waals surface area contributed by atoms with Gasteiger partial charge in [0.1, 0.15) is 12.3 Å². The second kappa shape index (κ2) is 12.4. The van der Waals surface area contributed by atoms with Gasteiger partial charge in [0.2, 0.25) is 5.91 Å². The van der Waals surface area contributed by atoms with Crippen LogP contribution < -0.4 is 10.6 Å². The van der Waals surface area contributed by atoms with Gasteiger partial charge in [-0.1, -0.05) is 18.2 Å². The summed E-state index contributed by atoms with van der Waals surface area (Å²) in [5.74, 6) is 1.53. The van der Waals surface area contributed by atoms with Gasteiger partial charge in [-0.25, -0.2) is 4.99 Å². The number of guanidine groups is 1. The molecule has 0 spiro atoms. The van der Waals surface area contributed by atoms with Gasteiger partial charge >= 0.3 is 0 Å². The molecule has 154 valence electrons. The number of amides is 1. The van der Waals surface area contributed by atoms with Crippen molar-refractivity contribution in [1.29, 1.82) is 0 Å². The molecule has 0 atom stereocenters. The summed E-state index contributed by atoms with van der Waals surface area (Å²) in [6.45, 7) is 5.81. The average molecular weight is 498 g/mol. The highest BCUT2D eigenvalue weighted by atomic mass is 127. The molecule has 0 aliphatic rings. The van der Waals surface area contributed by atoms with E-state index in [1.807, 2.05) is 12.1 Å². The Hall–Kier alpha value is -2.03. The highest BCUT2D eigenvalue weighted by Crippen LogP contribution is 2.13. The van der Waals surface area contributed by atoms with Crippen molar-refractivity contribution in [2.24, 2.45) is 4.99 Å². The highest BCUT2D eigenvalue weighted by molar-refractivity contribution is 14.0. The molecule has 0 radical (unpaired) electrons. The van der Waals surface area contributed by atoms with Crippen LogP contribution in [0.1, 0.15) is 22.5 Å². The SMILES string of the molecule is Cc1cccc(C)c1CCNC(=NCC(=O)N(C)C)NCCc1ccco1.I. The van der Waals surface area contributed by atoms with E-state index in [0.717, 1.165) is 25.1 Å². The van der Waals surface area contributed by atoms with Gasteiger partial charge in [0.25, 0.3) is 0 Å². The Kier molecular flexibility index (Phi) is 10.7. The molecule has 28 heavy (non-hydrogen) atoms. The van der Waals surface area contributed by atoms with Crippen LogP contribution in [0.2, 0.25) is 0 Å². The number of hydrogen-bond donors (Lipinski definition) is 2. The van der Waals surface area contributed by atoms with E-state index in [1.54, 1.807) is 25.3 Å². The van der Waals surface area contributed by atoms with Gasteiger partial charge in [0.15, 0.2) is 5.96 Å². The number of hydrogen-bond acceptors (Lipinski definition) is 3. The van der Waals surface area contributed by atoms with E-state index in [1.165, 1.54) is 16.7 Å². The minimum atomic E-state index is -0.0307. The largest absolute Gasteiger partial charge is 0.469 e. The predicted molar refractivity (Wildman–Crippen MR) is 124 cm³/mol. The summed E-state index contributed by atoms with van der Waals surface area (Å²) in [6, 6.07) is 10.2. The lowest BCUT2D eigenvalue weighted by Gasteiger charge is -2.15. The number of nitrogens with zero attached hydrogens (tertiary/aromatic N) is 2. The van der Waals surface area contributed by atoms with Crippen molar-refractivity contribution in [1.82, 2.24) is 15.5 Å². The topological polar surface area (TPSA) is 69.9 Å². The van der Waals surface area contributed by atoms with Crippen LogP contribution in [0.5, 0.6) is 0 Å². The Morgan fingerprint density at radius 2 is 1.68 bits per heavy atom. The van der Waals surface area contributed by atoms with Crippen molar-refractivity contribution in [3.8, 4) is 0 Å². The monoisotopic (exact) mass is 498 g/mol. The third kappa shape index (κ3) is 7.92. The van der Waals surface area contributed by atoms with Gasteiger partial charge in [0.05, 0.1) is 6.26 Å². The number of likely N-dealkylation sites (N-methyl/N-ethyl adjacent to an activating group) is 1. The van der Waals surface area contributed by atoms with Crippen LogP contribution in [-0.2, 0) is 17.6 Å². The minimum absolute atomic E-state index is 0. The first-order valence-corrected chi connectivity index (χ1v) is 9.27. The van der Waals surface area contributed by atoms with E-state index in [4.69, 9.17) is 4.42 Å². The minimum Gasteiger partial charge on any atom is -0.469 e. The zero-order valence-electron chi connectivity index (χ0n) is 17.1. The fraction of sp³-hybridized carbons (Fsp3) is 0.429. The average Bonchev–Trinajstić information content (AvgIpc) is 3.14. The second-order valence-corrected chi connectivity index (χ2v) is 6.76. The zero-order chi connectivity index (χ0) is 19.6. The van der Waals surface area contributed by atoms with Crippen molar-refractivity contribution >= 4 is 35.8 Å². The Labute approximate surface area is 184 Å². The van der Waals surface area contributed by atoms with Gasteiger partial charge in [-0.15, -0.1) is 24.0 Å². The number of nitrogens with one attached hydrogen (secondary N) is 2. The molecule has 6 nitrogen and oxygen atoms in total. The van der Waals surface area contributed by atoms with Crippen LogP contribution in [-0.4, -0.2) is 50.5 Å². The quantitative estimate of drug-likeness (QED) is 0.334. The van der Waals surface area contributed by atoms with E-state index < -0.39 is 0 Å². The number of furan rings is 1. The lowest BCUT2D eigenvalue weighted by Crippen LogP contribution is -2.40. The predicted octanol–water partition coefficient (Wildman–Crippen LogP) is 2.92. The van der Waals surface area contributed by atoms with E-state index in [9.17, 15) is 4.79 Å². The smallest absolute Gasteiger partial charge is 0.243 e. The van der Waals surface area contributed by atoms with E-state index in [0.29, 0.717) is 12.5 Å². The third-order valence-electron chi connectivity index (χ3n) is 4.43. The molecule has 0 fully saturated rings. The van der Waals surface area contributed by atoms with Crippen molar-refractivity contribution in [2.75, 3.05) is 33.7 Å². The third-order valence-corrected chi connectivity index (χ3v) is 4.43. The Balaban J connectivity index is 0.00000392. The Morgan fingerprint density at radius 3 is 2.25 bits per heavy atom. The van der Waals surface area contributed by atoms with Crippen LogP contribution in [0.25, 0.3) is 0 Å². The first kappa shape index (κ1) is 24.0. The maximum atomic E-state index is 11.8. The van der Waals surface area contributed by atoms with Gasteiger partial charge in [-0.2, -0.15) is 0 Å². The molecule has 1 aromatic heterocycles. The maximum Gasteiger partial charge on any atom is 0.243 e. The molecule has 0 aliphatic carbocycles. The molecule has 1 amide bonds. The summed E-state index contributed by atoms with van der Waals surface area (Å²) >= 11 is 0. The van der Waals surface area contributed by atoms with Crippen molar-refractivity contribution in [3.63, 3.8) is 0 Å². The first-order chi connectivity index (χ1) is 13.0. The lowest BCUT2D eigenvalue weighted by atomic mass is 10.0. The fourth-order valence-corrected chi connectivity index (χ4v) is 2.77. The number of halogens is 1. The first-order valence-electron chi connectivity index (χ1n) is 9.27. The molecular formula is C21H31IN4O2.